The Labute approximate surface area is 190 Å². The molecule has 12 heteroatoms. The first-order chi connectivity index (χ1) is 15.2. The van der Waals surface area contributed by atoms with Gasteiger partial charge in [-0.05, 0) is 12.3 Å². The number of hydrogen-bond acceptors (Lipinski definition) is 6. The van der Waals surface area contributed by atoms with Crippen LogP contribution in [0.15, 0.2) is 0 Å². The Balaban J connectivity index is 1.74. The second kappa shape index (κ2) is 10.3. The second-order valence-corrected chi connectivity index (χ2v) is 11.2. The second-order valence-electron chi connectivity index (χ2n) is 9.04. The fourth-order valence-electron chi connectivity index (χ4n) is 4.71. The van der Waals surface area contributed by atoms with E-state index in [1.807, 2.05) is 0 Å². The van der Waals surface area contributed by atoms with Crippen molar-refractivity contribution in [2.45, 2.75) is 50.1 Å². The summed E-state index contributed by atoms with van der Waals surface area (Å²) >= 11 is 0. The zero-order valence-corrected chi connectivity index (χ0v) is 19.7. The van der Waals surface area contributed by atoms with E-state index in [-0.39, 0.29) is 19.1 Å². The number of hydrogen-bond donors (Lipinski definition) is 2. The van der Waals surface area contributed by atoms with Crippen LogP contribution < -0.4 is 10.6 Å². The van der Waals surface area contributed by atoms with Gasteiger partial charge in [-0.15, -0.1) is 0 Å². The van der Waals surface area contributed by atoms with Crippen molar-refractivity contribution >= 4 is 22.1 Å². The van der Waals surface area contributed by atoms with Gasteiger partial charge in [-0.1, -0.05) is 32.1 Å². The Bertz CT molecular complexity index is 814. The molecule has 1 atom stereocenters. The maximum Gasteiger partial charge on any atom is 0.318 e. The molecule has 0 bridgehead atoms. The average molecular weight is 471 g/mol. The highest BCUT2D eigenvalue weighted by Gasteiger charge is 2.46. The number of ether oxygens (including phenoxy) is 1. The number of urea groups is 1. The monoisotopic (exact) mass is 470 g/mol. The van der Waals surface area contributed by atoms with E-state index in [1.165, 1.54) is 20.5 Å². The Hall–Kier alpha value is -1.94. The number of nitrogens with one attached hydrogen (secondary N) is 2. The van der Waals surface area contributed by atoms with Gasteiger partial charge >= 0.3 is 6.03 Å². The molecule has 0 spiro atoms. The van der Waals surface area contributed by atoms with Crippen LogP contribution in [0.25, 0.3) is 0 Å². The van der Waals surface area contributed by atoms with Gasteiger partial charge in [0.05, 0.1) is 32.4 Å². The van der Waals surface area contributed by atoms with Crippen molar-refractivity contribution in [3.05, 3.63) is 0 Å². The van der Waals surface area contributed by atoms with E-state index in [9.17, 15) is 23.3 Å². The van der Waals surface area contributed by atoms with E-state index in [4.69, 9.17) is 4.74 Å². The van der Waals surface area contributed by atoms with E-state index in [1.54, 1.807) is 4.90 Å². The molecule has 2 saturated heterocycles. The Morgan fingerprint density at radius 2 is 1.72 bits per heavy atom. The van der Waals surface area contributed by atoms with E-state index in [2.05, 4.69) is 16.7 Å². The van der Waals surface area contributed by atoms with Crippen LogP contribution in [0.2, 0.25) is 0 Å². The summed E-state index contributed by atoms with van der Waals surface area (Å²) in [6.45, 7) is 1.51. The normalized spacial score (nSPS) is 25.5. The van der Waals surface area contributed by atoms with E-state index in [0.29, 0.717) is 38.6 Å². The standard InChI is InChI=1S/C20H34N6O5S/c1-24-14-20(13-21,15-25(2)32(24,29)30)23-18(27)17(12-16-6-4-3-5-7-16)22-19(28)26-8-10-31-11-9-26/h16-17H,3-12,14-15H2,1-2H3,(H,22,28)(H,23,27). The summed E-state index contributed by atoms with van der Waals surface area (Å²) in [5, 5.41) is 15.5. The molecule has 3 rings (SSSR count). The number of carbonyl (C=O) groups excluding carboxylic acids is 2. The molecule has 180 valence electrons. The first-order valence-electron chi connectivity index (χ1n) is 11.2. The molecule has 2 N–H and O–H groups in total. The summed E-state index contributed by atoms with van der Waals surface area (Å²) in [4.78, 5) is 27.8. The zero-order valence-electron chi connectivity index (χ0n) is 18.9. The molecule has 1 saturated carbocycles. The van der Waals surface area contributed by atoms with Crippen molar-refractivity contribution in [3.63, 3.8) is 0 Å². The molecule has 1 unspecified atom stereocenters. The van der Waals surface area contributed by atoms with Gasteiger partial charge in [0.1, 0.15) is 6.04 Å². The average Bonchev–Trinajstić information content (AvgIpc) is 2.78. The molecule has 0 aromatic heterocycles. The zero-order chi connectivity index (χ0) is 23.4. The van der Waals surface area contributed by atoms with Gasteiger partial charge in [0.15, 0.2) is 5.54 Å². The van der Waals surface area contributed by atoms with Gasteiger partial charge in [0.25, 0.3) is 10.2 Å². The largest absolute Gasteiger partial charge is 0.378 e. The van der Waals surface area contributed by atoms with Crippen LogP contribution in [-0.4, -0.2) is 98.9 Å². The summed E-state index contributed by atoms with van der Waals surface area (Å²) in [5.74, 6) is -0.139. The van der Waals surface area contributed by atoms with Crippen LogP contribution in [0, 0.1) is 17.2 Å². The Kier molecular flexibility index (Phi) is 7.97. The predicted octanol–water partition coefficient (Wildman–Crippen LogP) is -0.132. The van der Waals surface area contributed by atoms with Crippen molar-refractivity contribution in [3.8, 4) is 6.07 Å². The number of rotatable bonds is 5. The number of nitriles is 1. The first kappa shape index (κ1) is 24.7. The molecule has 32 heavy (non-hydrogen) atoms. The smallest absolute Gasteiger partial charge is 0.318 e. The van der Waals surface area contributed by atoms with Gasteiger partial charge in [-0.3, -0.25) is 4.79 Å². The Morgan fingerprint density at radius 1 is 1.12 bits per heavy atom. The summed E-state index contributed by atoms with van der Waals surface area (Å²) in [7, 11) is -0.902. The molecule has 3 amide bonds. The number of carbonyl (C=O) groups is 2. The SMILES string of the molecule is CN1CC(C#N)(NC(=O)C(CC2CCCCC2)NC(=O)N2CCOCC2)CN(C)S1(=O)=O. The lowest BCUT2D eigenvalue weighted by Gasteiger charge is -2.41. The van der Waals surface area contributed by atoms with E-state index < -0.39 is 27.7 Å². The fraction of sp³-hybridized carbons (Fsp3) is 0.850. The lowest BCUT2D eigenvalue weighted by atomic mass is 9.84. The van der Waals surface area contributed by atoms with Crippen molar-refractivity contribution < 1.29 is 22.7 Å². The summed E-state index contributed by atoms with van der Waals surface area (Å²) in [6.07, 6.45) is 5.89. The molecular weight excluding hydrogens is 436 g/mol. The van der Waals surface area contributed by atoms with E-state index in [0.717, 1.165) is 34.3 Å². The van der Waals surface area contributed by atoms with E-state index >= 15 is 0 Å². The maximum atomic E-state index is 13.3. The highest BCUT2D eigenvalue weighted by atomic mass is 32.2. The molecule has 0 radical (unpaired) electrons. The first-order valence-corrected chi connectivity index (χ1v) is 12.6. The summed E-state index contributed by atoms with van der Waals surface area (Å²) < 4.78 is 32.0. The highest BCUT2D eigenvalue weighted by Crippen LogP contribution is 2.28. The molecule has 2 heterocycles. The van der Waals surface area contributed by atoms with Crippen LogP contribution >= 0.6 is 0 Å². The Morgan fingerprint density at radius 3 is 2.28 bits per heavy atom. The molecule has 3 fully saturated rings. The number of morpholine rings is 1. The van der Waals surface area contributed by atoms with Crippen molar-refractivity contribution in [1.29, 1.82) is 5.26 Å². The topological polar surface area (TPSA) is 135 Å². The molecule has 1 aliphatic carbocycles. The van der Waals surface area contributed by atoms with Crippen LogP contribution in [0.3, 0.4) is 0 Å². The van der Waals surface area contributed by atoms with Crippen LogP contribution in [0.4, 0.5) is 4.79 Å². The summed E-state index contributed by atoms with van der Waals surface area (Å²) in [6, 6.07) is 0.981. The van der Waals surface area contributed by atoms with Gasteiger partial charge < -0.3 is 20.3 Å². The number of likely N-dealkylation sites (N-methyl/N-ethyl adjacent to an activating group) is 2. The molecule has 11 nitrogen and oxygen atoms in total. The molecule has 2 aliphatic heterocycles. The molecular formula is C20H34N6O5S. The number of nitrogens with zero attached hydrogens (tertiary/aromatic N) is 4. The molecule has 3 aliphatic rings. The lowest BCUT2D eigenvalue weighted by Crippen LogP contribution is -2.68. The predicted molar refractivity (Wildman–Crippen MR) is 117 cm³/mol. The third kappa shape index (κ3) is 5.70. The van der Waals surface area contributed by atoms with Gasteiger partial charge in [0, 0.05) is 27.2 Å². The lowest BCUT2D eigenvalue weighted by molar-refractivity contribution is -0.125. The third-order valence-electron chi connectivity index (χ3n) is 6.56. The quantitative estimate of drug-likeness (QED) is 0.575. The molecule has 0 aromatic carbocycles. The minimum atomic E-state index is -3.66. The minimum absolute atomic E-state index is 0.157. The maximum absolute atomic E-state index is 13.3. The van der Waals surface area contributed by atoms with Crippen molar-refractivity contribution in [2.75, 3.05) is 53.5 Å². The summed E-state index contributed by atoms with van der Waals surface area (Å²) in [5.41, 5.74) is -1.40. The van der Waals surface area contributed by atoms with Gasteiger partial charge in [-0.2, -0.15) is 22.3 Å². The highest BCUT2D eigenvalue weighted by molar-refractivity contribution is 7.86. The van der Waals surface area contributed by atoms with Gasteiger partial charge in [-0.25, -0.2) is 4.79 Å². The fourth-order valence-corrected chi connectivity index (χ4v) is 5.95. The van der Waals surface area contributed by atoms with Crippen LogP contribution in [0.5, 0.6) is 0 Å². The van der Waals surface area contributed by atoms with Crippen LogP contribution in [-0.2, 0) is 19.7 Å². The third-order valence-corrected chi connectivity index (χ3v) is 8.39. The minimum Gasteiger partial charge on any atom is -0.378 e. The van der Waals surface area contributed by atoms with Crippen molar-refractivity contribution in [2.24, 2.45) is 5.92 Å². The molecule has 0 aromatic rings. The van der Waals surface area contributed by atoms with Gasteiger partial charge in [0.2, 0.25) is 5.91 Å². The number of amides is 3. The van der Waals surface area contributed by atoms with Crippen molar-refractivity contribution in [1.82, 2.24) is 24.1 Å². The van der Waals surface area contributed by atoms with Crippen LogP contribution in [0.1, 0.15) is 38.5 Å².